The van der Waals surface area contributed by atoms with Gasteiger partial charge in [-0.2, -0.15) is 0 Å². The van der Waals surface area contributed by atoms with Crippen LogP contribution in [-0.4, -0.2) is 39.1 Å². The minimum Gasteiger partial charge on any atom is -0.344 e. The summed E-state index contributed by atoms with van der Waals surface area (Å²) in [4.78, 5) is 23.3. The van der Waals surface area contributed by atoms with Gasteiger partial charge in [0.15, 0.2) is 0 Å². The zero-order valence-corrected chi connectivity index (χ0v) is 13.6. The third-order valence-electron chi connectivity index (χ3n) is 3.46. The van der Waals surface area contributed by atoms with Gasteiger partial charge in [0, 0.05) is 18.8 Å². The fourth-order valence-electron chi connectivity index (χ4n) is 2.30. The Labute approximate surface area is 135 Å². The van der Waals surface area contributed by atoms with Crippen molar-refractivity contribution in [3.8, 4) is 0 Å². The first-order chi connectivity index (χ1) is 10.8. The highest BCUT2D eigenvalue weighted by Gasteiger charge is 2.28. The predicted molar refractivity (Wildman–Crippen MR) is 88.8 cm³/mol. The molecule has 1 heterocycles. The molecule has 2 rings (SSSR count). The summed E-state index contributed by atoms with van der Waals surface area (Å²) in [5.74, 6) is -1.39. The number of aryl methyl sites for hydroxylation is 1. The van der Waals surface area contributed by atoms with Gasteiger partial charge in [-0.25, -0.2) is 8.42 Å². The number of rotatable bonds is 4. The van der Waals surface area contributed by atoms with Gasteiger partial charge >= 0.3 is 11.8 Å². The van der Waals surface area contributed by atoms with Gasteiger partial charge in [-0.1, -0.05) is 6.08 Å². The van der Waals surface area contributed by atoms with Gasteiger partial charge in [0.1, 0.15) is 0 Å². The van der Waals surface area contributed by atoms with Gasteiger partial charge in [0.25, 0.3) is 0 Å². The molecule has 0 bridgehead atoms. The molecule has 23 heavy (non-hydrogen) atoms. The molecule has 0 aliphatic carbocycles. The van der Waals surface area contributed by atoms with Gasteiger partial charge in [-0.3, -0.25) is 13.9 Å². The number of nitrogens with one attached hydrogen (secondary N) is 2. The number of hydrogen-bond acceptors (Lipinski definition) is 4. The Morgan fingerprint density at radius 3 is 2.65 bits per heavy atom. The van der Waals surface area contributed by atoms with E-state index >= 15 is 0 Å². The van der Waals surface area contributed by atoms with Gasteiger partial charge < -0.3 is 10.6 Å². The molecule has 2 N–H and O–H groups in total. The van der Waals surface area contributed by atoms with E-state index in [4.69, 9.17) is 0 Å². The molecule has 0 aromatic heterocycles. The largest absolute Gasteiger partial charge is 0.344 e. The van der Waals surface area contributed by atoms with Crippen molar-refractivity contribution >= 4 is 33.2 Å². The van der Waals surface area contributed by atoms with E-state index in [0.717, 1.165) is 0 Å². The lowest BCUT2D eigenvalue weighted by Crippen LogP contribution is -2.35. The highest BCUT2D eigenvalue weighted by molar-refractivity contribution is 7.93. The molecular weight excluding hydrogens is 318 g/mol. The molecule has 0 saturated carbocycles. The van der Waals surface area contributed by atoms with Crippen LogP contribution in [0.4, 0.5) is 11.4 Å². The third kappa shape index (κ3) is 3.89. The average molecular weight is 337 g/mol. The fraction of sp³-hybridized carbons (Fsp3) is 0.333. The van der Waals surface area contributed by atoms with Crippen LogP contribution in [0.25, 0.3) is 0 Å². The maximum absolute atomic E-state index is 11.9. The zero-order chi connectivity index (χ0) is 17.0. The highest BCUT2D eigenvalue weighted by atomic mass is 32.2. The maximum atomic E-state index is 11.9. The summed E-state index contributed by atoms with van der Waals surface area (Å²) < 4.78 is 25.2. The van der Waals surface area contributed by atoms with Crippen molar-refractivity contribution in [3.05, 3.63) is 36.4 Å². The average Bonchev–Trinajstić information content (AvgIpc) is 2.86. The van der Waals surface area contributed by atoms with Crippen LogP contribution < -0.4 is 14.9 Å². The van der Waals surface area contributed by atoms with E-state index in [-0.39, 0.29) is 12.3 Å². The topological polar surface area (TPSA) is 95.6 Å². The second-order valence-electron chi connectivity index (χ2n) is 5.19. The Balaban J connectivity index is 2.12. The molecule has 7 nitrogen and oxygen atoms in total. The van der Waals surface area contributed by atoms with Crippen LogP contribution in [0, 0.1) is 6.92 Å². The Morgan fingerprint density at radius 2 is 2.09 bits per heavy atom. The Hall–Kier alpha value is -2.35. The molecule has 1 saturated heterocycles. The first kappa shape index (κ1) is 17.0. The number of amides is 2. The Bertz CT molecular complexity index is 743. The molecule has 1 aliphatic rings. The van der Waals surface area contributed by atoms with E-state index in [2.05, 4.69) is 17.2 Å². The summed E-state index contributed by atoms with van der Waals surface area (Å²) >= 11 is 0. The van der Waals surface area contributed by atoms with Crippen LogP contribution in [0.2, 0.25) is 0 Å². The van der Waals surface area contributed by atoms with E-state index in [0.29, 0.717) is 29.9 Å². The SMILES string of the molecule is C=CCNC(=O)C(=O)Nc1ccc(N2CCCS2(=O)=O)cc1C. The van der Waals surface area contributed by atoms with Crippen LogP contribution in [0.15, 0.2) is 30.9 Å². The monoisotopic (exact) mass is 337 g/mol. The van der Waals surface area contributed by atoms with E-state index in [9.17, 15) is 18.0 Å². The van der Waals surface area contributed by atoms with Crippen molar-refractivity contribution in [1.29, 1.82) is 0 Å². The molecule has 1 fully saturated rings. The molecule has 0 unspecified atom stereocenters. The number of nitrogens with zero attached hydrogens (tertiary/aromatic N) is 1. The maximum Gasteiger partial charge on any atom is 0.313 e. The summed E-state index contributed by atoms with van der Waals surface area (Å²) in [6.45, 7) is 5.85. The molecule has 1 aromatic rings. The van der Waals surface area contributed by atoms with Crippen molar-refractivity contribution in [3.63, 3.8) is 0 Å². The quantitative estimate of drug-likeness (QED) is 0.627. The predicted octanol–water partition coefficient (Wildman–Crippen LogP) is 0.776. The van der Waals surface area contributed by atoms with Crippen molar-refractivity contribution in [1.82, 2.24) is 5.32 Å². The van der Waals surface area contributed by atoms with E-state index < -0.39 is 21.8 Å². The first-order valence-corrected chi connectivity index (χ1v) is 8.77. The minimum absolute atomic E-state index is 0.147. The minimum atomic E-state index is -3.24. The normalized spacial score (nSPS) is 16.0. The van der Waals surface area contributed by atoms with Crippen molar-refractivity contribution in [2.24, 2.45) is 0 Å². The second-order valence-corrected chi connectivity index (χ2v) is 7.21. The number of sulfonamides is 1. The van der Waals surface area contributed by atoms with Crippen LogP contribution >= 0.6 is 0 Å². The summed E-state index contributed by atoms with van der Waals surface area (Å²) in [7, 11) is -3.24. The molecule has 0 spiro atoms. The number of carbonyl (C=O) groups excluding carboxylic acids is 2. The van der Waals surface area contributed by atoms with E-state index in [1.807, 2.05) is 0 Å². The van der Waals surface area contributed by atoms with Crippen molar-refractivity contribution in [2.45, 2.75) is 13.3 Å². The first-order valence-electron chi connectivity index (χ1n) is 7.16. The Morgan fingerprint density at radius 1 is 1.35 bits per heavy atom. The summed E-state index contributed by atoms with van der Waals surface area (Å²) in [6.07, 6.45) is 2.07. The number of anilines is 2. The lowest BCUT2D eigenvalue weighted by molar-refractivity contribution is -0.136. The van der Waals surface area contributed by atoms with Gasteiger partial charge in [-0.15, -0.1) is 6.58 Å². The zero-order valence-electron chi connectivity index (χ0n) is 12.8. The number of carbonyl (C=O) groups is 2. The van der Waals surface area contributed by atoms with Crippen LogP contribution in [0.3, 0.4) is 0 Å². The highest BCUT2D eigenvalue weighted by Crippen LogP contribution is 2.27. The van der Waals surface area contributed by atoms with E-state index in [1.54, 1.807) is 25.1 Å². The summed E-state index contributed by atoms with van der Waals surface area (Å²) in [5, 5.41) is 4.89. The summed E-state index contributed by atoms with van der Waals surface area (Å²) in [6, 6.07) is 4.89. The van der Waals surface area contributed by atoms with Crippen molar-refractivity contribution in [2.75, 3.05) is 28.5 Å². The molecule has 2 amide bonds. The molecular formula is C15H19N3O4S. The third-order valence-corrected chi connectivity index (χ3v) is 5.33. The molecule has 1 aromatic carbocycles. The van der Waals surface area contributed by atoms with Gasteiger partial charge in [-0.05, 0) is 37.1 Å². The van der Waals surface area contributed by atoms with Crippen molar-refractivity contribution < 1.29 is 18.0 Å². The van der Waals surface area contributed by atoms with Gasteiger partial charge in [0.2, 0.25) is 10.0 Å². The molecule has 1 aliphatic heterocycles. The lowest BCUT2D eigenvalue weighted by atomic mass is 10.1. The lowest BCUT2D eigenvalue weighted by Gasteiger charge is -2.18. The molecule has 0 radical (unpaired) electrons. The van der Waals surface area contributed by atoms with Gasteiger partial charge in [0.05, 0.1) is 11.4 Å². The van der Waals surface area contributed by atoms with Crippen LogP contribution in [0.5, 0.6) is 0 Å². The smallest absolute Gasteiger partial charge is 0.313 e. The Kier molecular flexibility index (Phi) is 5.05. The van der Waals surface area contributed by atoms with E-state index in [1.165, 1.54) is 10.4 Å². The molecule has 124 valence electrons. The summed E-state index contributed by atoms with van der Waals surface area (Å²) in [5.41, 5.74) is 1.70. The fourth-order valence-corrected chi connectivity index (χ4v) is 3.85. The standard InChI is InChI=1S/C15H19N3O4S/c1-3-7-16-14(19)15(20)17-13-6-5-12(10-11(13)2)18-8-4-9-23(18,21)22/h3,5-6,10H,1,4,7-9H2,2H3,(H,16,19)(H,17,20). The van der Waals surface area contributed by atoms with Crippen LogP contribution in [0.1, 0.15) is 12.0 Å². The molecule has 0 atom stereocenters. The number of hydrogen-bond donors (Lipinski definition) is 2. The molecule has 8 heteroatoms. The number of benzene rings is 1. The second kappa shape index (κ2) is 6.82. The van der Waals surface area contributed by atoms with Crippen LogP contribution in [-0.2, 0) is 19.6 Å².